The normalized spacial score (nSPS) is 24.9. The van der Waals surface area contributed by atoms with E-state index < -0.39 is 0 Å². The van der Waals surface area contributed by atoms with E-state index in [0.717, 1.165) is 0 Å². The summed E-state index contributed by atoms with van der Waals surface area (Å²) in [5, 5.41) is 3.70. The summed E-state index contributed by atoms with van der Waals surface area (Å²) in [7, 11) is 0. The first kappa shape index (κ1) is 12.8. The van der Waals surface area contributed by atoms with Gasteiger partial charge in [0.2, 0.25) is 0 Å². The summed E-state index contributed by atoms with van der Waals surface area (Å²) in [6, 6.07) is 1.38. The summed E-state index contributed by atoms with van der Waals surface area (Å²) in [4.78, 5) is 0. The Hall–Kier alpha value is -0.300. The van der Waals surface area contributed by atoms with E-state index in [9.17, 15) is 0 Å². The van der Waals surface area contributed by atoms with Crippen LogP contribution in [0.25, 0.3) is 0 Å². The Morgan fingerprint density at radius 2 is 2.13 bits per heavy atom. The highest BCUT2D eigenvalue weighted by Gasteiger charge is 2.22. The van der Waals surface area contributed by atoms with Gasteiger partial charge < -0.3 is 5.32 Å². The Labute approximate surface area is 95.3 Å². The zero-order valence-electron chi connectivity index (χ0n) is 11.1. The van der Waals surface area contributed by atoms with Crippen molar-refractivity contribution in [3.63, 3.8) is 0 Å². The molecule has 0 radical (unpaired) electrons. The summed E-state index contributed by atoms with van der Waals surface area (Å²) in [5.41, 5.74) is 2.02. The maximum Gasteiger partial charge on any atom is 0.0107 e. The van der Waals surface area contributed by atoms with Crippen LogP contribution in [-0.4, -0.2) is 12.1 Å². The summed E-state index contributed by atoms with van der Waals surface area (Å²) < 4.78 is 0. The number of allylic oxidation sites excluding steroid dienone is 1. The molecule has 0 amide bonds. The van der Waals surface area contributed by atoms with Gasteiger partial charge >= 0.3 is 0 Å². The zero-order valence-corrected chi connectivity index (χ0v) is 11.1. The number of nitrogens with one attached hydrogen (secondary N) is 1. The van der Waals surface area contributed by atoms with Crippen molar-refractivity contribution in [2.45, 2.75) is 72.4 Å². The lowest BCUT2D eigenvalue weighted by Crippen LogP contribution is -2.37. The Morgan fingerprint density at radius 3 is 2.53 bits per heavy atom. The minimum Gasteiger partial charge on any atom is -0.311 e. The van der Waals surface area contributed by atoms with Crippen molar-refractivity contribution in [1.82, 2.24) is 5.32 Å². The van der Waals surface area contributed by atoms with E-state index in [-0.39, 0.29) is 0 Å². The second-order valence-corrected chi connectivity index (χ2v) is 5.93. The monoisotopic (exact) mass is 209 g/mol. The lowest BCUT2D eigenvalue weighted by atomic mass is 9.79. The third-order valence-electron chi connectivity index (χ3n) is 3.51. The van der Waals surface area contributed by atoms with Crippen molar-refractivity contribution in [3.8, 4) is 0 Å². The van der Waals surface area contributed by atoms with Gasteiger partial charge in [0.1, 0.15) is 0 Å². The van der Waals surface area contributed by atoms with Gasteiger partial charge in [-0.15, -0.1) is 0 Å². The molecule has 0 aromatic carbocycles. The van der Waals surface area contributed by atoms with Gasteiger partial charge in [0, 0.05) is 12.1 Å². The van der Waals surface area contributed by atoms with Crippen LogP contribution in [0.15, 0.2) is 11.6 Å². The van der Waals surface area contributed by atoms with Crippen LogP contribution >= 0.6 is 0 Å². The van der Waals surface area contributed by atoms with Crippen molar-refractivity contribution >= 4 is 0 Å². The second kappa shape index (κ2) is 5.16. The Morgan fingerprint density at radius 1 is 1.47 bits per heavy atom. The number of hydrogen-bond donors (Lipinski definition) is 1. The predicted molar refractivity (Wildman–Crippen MR) is 68.1 cm³/mol. The molecule has 0 aromatic rings. The second-order valence-electron chi connectivity index (χ2n) is 5.93. The molecule has 1 N–H and O–H groups in total. The summed E-state index contributed by atoms with van der Waals surface area (Å²) in [6.45, 7) is 11.5. The molecule has 1 aliphatic carbocycles. The molecule has 0 spiro atoms. The van der Waals surface area contributed by atoms with Crippen LogP contribution in [0.4, 0.5) is 0 Å². The topological polar surface area (TPSA) is 12.0 Å². The average Bonchev–Trinajstić information content (AvgIpc) is 2.17. The highest BCUT2D eigenvalue weighted by atomic mass is 14.9. The average molecular weight is 209 g/mol. The molecule has 88 valence electrons. The fourth-order valence-corrected chi connectivity index (χ4v) is 2.19. The molecule has 0 heterocycles. The highest BCUT2D eigenvalue weighted by molar-refractivity contribution is 5.14. The van der Waals surface area contributed by atoms with Crippen LogP contribution < -0.4 is 5.32 Å². The minimum atomic E-state index is 0.376. The summed E-state index contributed by atoms with van der Waals surface area (Å²) in [5.74, 6) is 0. The van der Waals surface area contributed by atoms with E-state index in [1.54, 1.807) is 5.57 Å². The lowest BCUT2D eigenvalue weighted by Gasteiger charge is -2.31. The highest BCUT2D eigenvalue weighted by Crippen LogP contribution is 2.33. The van der Waals surface area contributed by atoms with E-state index in [4.69, 9.17) is 0 Å². The largest absolute Gasteiger partial charge is 0.311 e. The summed E-state index contributed by atoms with van der Waals surface area (Å²) >= 11 is 0. The molecule has 15 heavy (non-hydrogen) atoms. The first-order chi connectivity index (χ1) is 6.93. The summed E-state index contributed by atoms with van der Waals surface area (Å²) in [6.07, 6.45) is 7.50. The Balaban J connectivity index is 2.44. The van der Waals surface area contributed by atoms with E-state index in [1.165, 1.54) is 25.7 Å². The maximum atomic E-state index is 3.70. The number of rotatable bonds is 3. The molecule has 1 unspecified atom stereocenters. The van der Waals surface area contributed by atoms with Crippen LogP contribution in [0.1, 0.15) is 60.3 Å². The van der Waals surface area contributed by atoms with Crippen LogP contribution in [0, 0.1) is 5.41 Å². The SMILES string of the molecule is CCC(C)N[C@H]1CC=C(C(C)(C)C)CC1. The third kappa shape index (κ3) is 3.98. The van der Waals surface area contributed by atoms with Gasteiger partial charge in [-0.25, -0.2) is 0 Å². The quantitative estimate of drug-likeness (QED) is 0.695. The fourth-order valence-electron chi connectivity index (χ4n) is 2.19. The lowest BCUT2D eigenvalue weighted by molar-refractivity contribution is 0.378. The van der Waals surface area contributed by atoms with Crippen LogP contribution in [-0.2, 0) is 0 Å². The van der Waals surface area contributed by atoms with Crippen molar-refractivity contribution < 1.29 is 0 Å². The molecule has 0 fully saturated rings. The molecule has 1 rings (SSSR count). The van der Waals surface area contributed by atoms with Crippen molar-refractivity contribution in [1.29, 1.82) is 0 Å². The molecule has 0 saturated heterocycles. The van der Waals surface area contributed by atoms with E-state index in [1.807, 2.05) is 0 Å². The molecular formula is C14H27N. The van der Waals surface area contributed by atoms with Crippen LogP contribution in [0.2, 0.25) is 0 Å². The molecule has 1 heteroatoms. The smallest absolute Gasteiger partial charge is 0.0107 e. The van der Waals surface area contributed by atoms with E-state index >= 15 is 0 Å². The molecule has 0 aromatic heterocycles. The molecular weight excluding hydrogens is 182 g/mol. The molecule has 1 nitrogen and oxygen atoms in total. The first-order valence-corrected chi connectivity index (χ1v) is 6.39. The van der Waals surface area contributed by atoms with Crippen molar-refractivity contribution in [3.05, 3.63) is 11.6 Å². The van der Waals surface area contributed by atoms with Gasteiger partial charge in [0.15, 0.2) is 0 Å². The van der Waals surface area contributed by atoms with Gasteiger partial charge in [-0.3, -0.25) is 0 Å². The number of hydrogen-bond acceptors (Lipinski definition) is 1. The zero-order chi connectivity index (χ0) is 11.5. The fraction of sp³-hybridized carbons (Fsp3) is 0.857. The molecule has 0 bridgehead atoms. The van der Waals surface area contributed by atoms with Gasteiger partial charge in [-0.05, 0) is 38.0 Å². The Kier molecular flexibility index (Phi) is 4.39. The third-order valence-corrected chi connectivity index (χ3v) is 3.51. The van der Waals surface area contributed by atoms with Crippen LogP contribution in [0.3, 0.4) is 0 Å². The van der Waals surface area contributed by atoms with Crippen LogP contribution in [0.5, 0.6) is 0 Å². The van der Waals surface area contributed by atoms with Gasteiger partial charge in [-0.1, -0.05) is 39.3 Å². The van der Waals surface area contributed by atoms with Crippen molar-refractivity contribution in [2.24, 2.45) is 5.41 Å². The molecule has 1 aliphatic rings. The minimum absolute atomic E-state index is 0.376. The molecule has 2 atom stereocenters. The predicted octanol–water partition coefficient (Wildman–Crippen LogP) is 3.90. The molecule has 0 saturated carbocycles. The maximum absolute atomic E-state index is 3.70. The van der Waals surface area contributed by atoms with E-state index in [2.05, 4.69) is 46.0 Å². The Bertz CT molecular complexity index is 222. The standard InChI is InChI=1S/C14H27N/c1-6-11(2)15-13-9-7-12(8-10-13)14(3,4)5/h7,11,13,15H,6,8-10H2,1-5H3/t11?,13-/m0/s1. The first-order valence-electron chi connectivity index (χ1n) is 6.39. The molecule has 0 aliphatic heterocycles. The van der Waals surface area contributed by atoms with Gasteiger partial charge in [-0.2, -0.15) is 0 Å². The van der Waals surface area contributed by atoms with Gasteiger partial charge in [0.05, 0.1) is 0 Å². The van der Waals surface area contributed by atoms with E-state index in [0.29, 0.717) is 17.5 Å². The van der Waals surface area contributed by atoms with Crippen molar-refractivity contribution in [2.75, 3.05) is 0 Å². The van der Waals surface area contributed by atoms with Gasteiger partial charge in [0.25, 0.3) is 0 Å².